The molecule has 1 aromatic rings. The SMILES string of the molecule is CC1CCCC(CNC(=O)C2CCNc3ccccc32)C1. The third-order valence-corrected chi connectivity index (χ3v) is 5.01. The van der Waals surface area contributed by atoms with Crippen LogP contribution in [0.3, 0.4) is 0 Å². The Labute approximate surface area is 127 Å². The first-order valence-electron chi connectivity index (χ1n) is 8.34. The van der Waals surface area contributed by atoms with Crippen molar-refractivity contribution >= 4 is 11.6 Å². The van der Waals surface area contributed by atoms with Crippen LogP contribution < -0.4 is 10.6 Å². The first-order valence-corrected chi connectivity index (χ1v) is 8.34. The zero-order chi connectivity index (χ0) is 14.7. The number of rotatable bonds is 3. The van der Waals surface area contributed by atoms with E-state index in [4.69, 9.17) is 0 Å². The predicted molar refractivity (Wildman–Crippen MR) is 86.4 cm³/mol. The van der Waals surface area contributed by atoms with Crippen LogP contribution in [0.15, 0.2) is 24.3 Å². The van der Waals surface area contributed by atoms with Crippen molar-refractivity contribution in [1.29, 1.82) is 0 Å². The van der Waals surface area contributed by atoms with Crippen LogP contribution >= 0.6 is 0 Å². The second-order valence-corrected chi connectivity index (χ2v) is 6.74. The second-order valence-electron chi connectivity index (χ2n) is 6.74. The fourth-order valence-electron chi connectivity index (χ4n) is 3.85. The zero-order valence-electron chi connectivity index (χ0n) is 12.9. The van der Waals surface area contributed by atoms with E-state index in [2.05, 4.69) is 29.7 Å². The maximum Gasteiger partial charge on any atom is 0.227 e. The first kappa shape index (κ1) is 14.4. The molecule has 21 heavy (non-hydrogen) atoms. The molecule has 3 atom stereocenters. The molecule has 0 spiro atoms. The van der Waals surface area contributed by atoms with Gasteiger partial charge in [0.25, 0.3) is 0 Å². The lowest BCUT2D eigenvalue weighted by atomic mass is 9.82. The summed E-state index contributed by atoms with van der Waals surface area (Å²) in [5, 5.41) is 6.60. The van der Waals surface area contributed by atoms with E-state index in [1.807, 2.05) is 12.1 Å². The van der Waals surface area contributed by atoms with E-state index in [0.29, 0.717) is 5.92 Å². The Kier molecular flexibility index (Phi) is 4.47. The average Bonchev–Trinajstić information content (AvgIpc) is 2.52. The molecule has 1 amide bonds. The highest BCUT2D eigenvalue weighted by atomic mass is 16.1. The normalized spacial score (nSPS) is 28.3. The van der Waals surface area contributed by atoms with Gasteiger partial charge in [-0.1, -0.05) is 38.0 Å². The Morgan fingerprint density at radius 1 is 1.29 bits per heavy atom. The van der Waals surface area contributed by atoms with Crippen LogP contribution in [-0.4, -0.2) is 19.0 Å². The Hall–Kier alpha value is -1.51. The number of anilines is 1. The smallest absolute Gasteiger partial charge is 0.227 e. The molecule has 0 bridgehead atoms. The number of para-hydroxylation sites is 1. The van der Waals surface area contributed by atoms with Crippen LogP contribution in [0.1, 0.15) is 50.5 Å². The summed E-state index contributed by atoms with van der Waals surface area (Å²) >= 11 is 0. The summed E-state index contributed by atoms with van der Waals surface area (Å²) in [6.45, 7) is 4.07. The van der Waals surface area contributed by atoms with Gasteiger partial charge in [-0.3, -0.25) is 4.79 Å². The molecule has 3 unspecified atom stereocenters. The van der Waals surface area contributed by atoms with Crippen LogP contribution in [0.2, 0.25) is 0 Å². The number of benzene rings is 1. The van der Waals surface area contributed by atoms with Crippen molar-refractivity contribution in [1.82, 2.24) is 5.32 Å². The molecule has 3 heteroatoms. The fourth-order valence-corrected chi connectivity index (χ4v) is 3.85. The number of hydrogen-bond donors (Lipinski definition) is 2. The zero-order valence-corrected chi connectivity index (χ0v) is 12.9. The van der Waals surface area contributed by atoms with E-state index >= 15 is 0 Å². The quantitative estimate of drug-likeness (QED) is 0.892. The van der Waals surface area contributed by atoms with Crippen LogP contribution in [0.5, 0.6) is 0 Å². The molecular formula is C18H26N2O. The van der Waals surface area contributed by atoms with Crippen LogP contribution in [0.4, 0.5) is 5.69 Å². The van der Waals surface area contributed by atoms with E-state index in [0.717, 1.165) is 36.7 Å². The minimum Gasteiger partial charge on any atom is -0.385 e. The molecule has 114 valence electrons. The van der Waals surface area contributed by atoms with Gasteiger partial charge < -0.3 is 10.6 Å². The van der Waals surface area contributed by atoms with Crippen molar-refractivity contribution in [2.75, 3.05) is 18.4 Å². The van der Waals surface area contributed by atoms with Crippen molar-refractivity contribution in [2.24, 2.45) is 11.8 Å². The topological polar surface area (TPSA) is 41.1 Å². The third kappa shape index (κ3) is 3.39. The van der Waals surface area contributed by atoms with Gasteiger partial charge in [-0.2, -0.15) is 0 Å². The van der Waals surface area contributed by atoms with E-state index < -0.39 is 0 Å². The molecule has 2 N–H and O–H groups in total. The highest BCUT2D eigenvalue weighted by Crippen LogP contribution is 2.32. The molecule has 3 nitrogen and oxygen atoms in total. The summed E-state index contributed by atoms with van der Waals surface area (Å²) in [6.07, 6.45) is 6.10. The monoisotopic (exact) mass is 286 g/mol. The van der Waals surface area contributed by atoms with Gasteiger partial charge in [0.2, 0.25) is 5.91 Å². The van der Waals surface area contributed by atoms with Gasteiger partial charge in [-0.05, 0) is 42.7 Å². The highest BCUT2D eigenvalue weighted by molar-refractivity contribution is 5.86. The molecule has 1 aromatic carbocycles. The Balaban J connectivity index is 1.59. The van der Waals surface area contributed by atoms with Crippen molar-refractivity contribution in [2.45, 2.75) is 44.9 Å². The molecule has 0 aromatic heterocycles. The minimum absolute atomic E-state index is 0.0171. The van der Waals surface area contributed by atoms with E-state index in [-0.39, 0.29) is 11.8 Å². The lowest BCUT2D eigenvalue weighted by Gasteiger charge is -2.29. The Bertz CT molecular complexity index is 500. The summed E-state index contributed by atoms with van der Waals surface area (Å²) in [4.78, 5) is 12.5. The van der Waals surface area contributed by atoms with Gasteiger partial charge in [0.15, 0.2) is 0 Å². The van der Waals surface area contributed by atoms with Gasteiger partial charge >= 0.3 is 0 Å². The molecule has 1 fully saturated rings. The minimum atomic E-state index is 0.0171. The summed E-state index contributed by atoms with van der Waals surface area (Å²) in [5.74, 6) is 1.72. The molecule has 1 aliphatic carbocycles. The molecule has 1 aliphatic heterocycles. The fraction of sp³-hybridized carbons (Fsp3) is 0.611. The highest BCUT2D eigenvalue weighted by Gasteiger charge is 2.27. The van der Waals surface area contributed by atoms with Gasteiger partial charge in [0, 0.05) is 18.8 Å². The van der Waals surface area contributed by atoms with E-state index in [1.165, 1.54) is 25.7 Å². The van der Waals surface area contributed by atoms with Crippen molar-refractivity contribution < 1.29 is 4.79 Å². The van der Waals surface area contributed by atoms with Crippen LogP contribution in [-0.2, 0) is 4.79 Å². The van der Waals surface area contributed by atoms with Gasteiger partial charge in [0.1, 0.15) is 0 Å². The molecule has 1 saturated carbocycles. The summed E-state index contributed by atoms with van der Waals surface area (Å²) in [7, 11) is 0. The van der Waals surface area contributed by atoms with E-state index in [9.17, 15) is 4.79 Å². The molecule has 0 saturated heterocycles. The van der Waals surface area contributed by atoms with Gasteiger partial charge in [-0.25, -0.2) is 0 Å². The molecule has 0 radical (unpaired) electrons. The number of amides is 1. The largest absolute Gasteiger partial charge is 0.385 e. The van der Waals surface area contributed by atoms with Crippen molar-refractivity contribution in [3.8, 4) is 0 Å². The third-order valence-electron chi connectivity index (χ3n) is 5.01. The summed E-state index contributed by atoms with van der Waals surface area (Å²) in [6, 6.07) is 8.19. The van der Waals surface area contributed by atoms with Crippen LogP contribution in [0, 0.1) is 11.8 Å². The summed E-state index contributed by atoms with van der Waals surface area (Å²) < 4.78 is 0. The second kappa shape index (κ2) is 6.50. The Morgan fingerprint density at radius 2 is 2.14 bits per heavy atom. The number of nitrogens with one attached hydrogen (secondary N) is 2. The molecule has 3 rings (SSSR count). The van der Waals surface area contributed by atoms with Crippen molar-refractivity contribution in [3.05, 3.63) is 29.8 Å². The lowest BCUT2D eigenvalue weighted by Crippen LogP contribution is -2.36. The standard InChI is InChI=1S/C18H26N2O/c1-13-5-4-6-14(11-13)12-20-18(21)16-9-10-19-17-8-3-2-7-15(16)17/h2-3,7-8,13-14,16,19H,4-6,9-12H2,1H3,(H,20,21). The van der Waals surface area contributed by atoms with Crippen LogP contribution in [0.25, 0.3) is 0 Å². The maximum atomic E-state index is 12.5. The summed E-state index contributed by atoms with van der Waals surface area (Å²) in [5.41, 5.74) is 2.27. The molecule has 1 heterocycles. The average molecular weight is 286 g/mol. The number of hydrogen-bond acceptors (Lipinski definition) is 2. The molecular weight excluding hydrogens is 260 g/mol. The molecule has 2 aliphatic rings. The maximum absolute atomic E-state index is 12.5. The number of fused-ring (bicyclic) bond motifs is 1. The predicted octanol–water partition coefficient (Wildman–Crippen LogP) is 3.53. The van der Waals surface area contributed by atoms with Gasteiger partial charge in [-0.15, -0.1) is 0 Å². The van der Waals surface area contributed by atoms with Crippen molar-refractivity contribution in [3.63, 3.8) is 0 Å². The van der Waals surface area contributed by atoms with Gasteiger partial charge in [0.05, 0.1) is 5.92 Å². The van der Waals surface area contributed by atoms with E-state index in [1.54, 1.807) is 0 Å². The first-order chi connectivity index (χ1) is 10.2. The number of carbonyl (C=O) groups is 1. The Morgan fingerprint density at radius 3 is 3.00 bits per heavy atom. The number of carbonyl (C=O) groups excluding carboxylic acids is 1. The lowest BCUT2D eigenvalue weighted by molar-refractivity contribution is -0.123.